The molecular formula is C14H24N2O. The molecule has 0 aromatic rings. The summed E-state index contributed by atoms with van der Waals surface area (Å²) in [7, 11) is 0. The molecule has 2 unspecified atom stereocenters. The maximum atomic E-state index is 12.4. The van der Waals surface area contributed by atoms with Crippen LogP contribution in [0.3, 0.4) is 0 Å². The summed E-state index contributed by atoms with van der Waals surface area (Å²) in [6.07, 6.45) is 5.32. The molecule has 0 spiro atoms. The van der Waals surface area contributed by atoms with E-state index < -0.39 is 5.54 Å². The van der Waals surface area contributed by atoms with Gasteiger partial charge >= 0.3 is 0 Å². The first-order valence-electron chi connectivity index (χ1n) is 6.83. The number of amides is 1. The van der Waals surface area contributed by atoms with Gasteiger partial charge in [0.2, 0.25) is 5.91 Å². The van der Waals surface area contributed by atoms with Crippen molar-refractivity contribution in [2.75, 3.05) is 6.54 Å². The first-order chi connectivity index (χ1) is 7.73. The SMILES string of the molecule is CC1(C)CC2CC(C)(CN2C(=O)C2(N)CC2)C1. The molecule has 2 atom stereocenters. The highest BCUT2D eigenvalue weighted by atomic mass is 16.2. The van der Waals surface area contributed by atoms with Crippen molar-refractivity contribution in [3.63, 3.8) is 0 Å². The van der Waals surface area contributed by atoms with Gasteiger partial charge in [-0.2, -0.15) is 0 Å². The normalized spacial score (nSPS) is 41.4. The number of rotatable bonds is 1. The van der Waals surface area contributed by atoms with E-state index in [9.17, 15) is 4.79 Å². The summed E-state index contributed by atoms with van der Waals surface area (Å²) in [6, 6.07) is 0.442. The first kappa shape index (κ1) is 11.5. The van der Waals surface area contributed by atoms with Gasteiger partial charge in [0, 0.05) is 12.6 Å². The Balaban J connectivity index is 1.83. The van der Waals surface area contributed by atoms with Gasteiger partial charge in [-0.3, -0.25) is 4.79 Å². The second-order valence-corrected chi connectivity index (χ2v) is 7.80. The standard InChI is InChI=1S/C14H24N2O/c1-12(2)6-10-7-13(3,8-12)9-16(10)11(17)14(15)4-5-14/h10H,4-9,15H2,1-3H3. The van der Waals surface area contributed by atoms with Crippen molar-refractivity contribution in [2.45, 2.75) is 64.5 Å². The number of likely N-dealkylation sites (tertiary alicyclic amines) is 1. The molecule has 96 valence electrons. The van der Waals surface area contributed by atoms with Crippen molar-refractivity contribution < 1.29 is 4.79 Å². The molecule has 17 heavy (non-hydrogen) atoms. The van der Waals surface area contributed by atoms with Crippen LogP contribution in [0.15, 0.2) is 0 Å². The van der Waals surface area contributed by atoms with E-state index in [0.29, 0.717) is 16.9 Å². The van der Waals surface area contributed by atoms with E-state index in [1.165, 1.54) is 12.8 Å². The monoisotopic (exact) mass is 236 g/mol. The molecule has 0 radical (unpaired) electrons. The summed E-state index contributed by atoms with van der Waals surface area (Å²) in [4.78, 5) is 14.5. The number of fused-ring (bicyclic) bond motifs is 2. The average Bonchev–Trinajstić information content (AvgIpc) is 2.84. The third-order valence-electron chi connectivity index (χ3n) is 4.89. The van der Waals surface area contributed by atoms with Crippen LogP contribution in [0.2, 0.25) is 0 Å². The smallest absolute Gasteiger partial charge is 0.242 e. The minimum Gasteiger partial charge on any atom is -0.338 e. The van der Waals surface area contributed by atoms with E-state index in [4.69, 9.17) is 5.73 Å². The van der Waals surface area contributed by atoms with Crippen LogP contribution in [0, 0.1) is 10.8 Å². The van der Waals surface area contributed by atoms with Crippen molar-refractivity contribution in [1.29, 1.82) is 0 Å². The second kappa shape index (κ2) is 3.05. The van der Waals surface area contributed by atoms with Crippen molar-refractivity contribution in [1.82, 2.24) is 4.90 Å². The van der Waals surface area contributed by atoms with Crippen LogP contribution in [-0.4, -0.2) is 28.9 Å². The van der Waals surface area contributed by atoms with Crippen LogP contribution in [0.4, 0.5) is 0 Å². The van der Waals surface area contributed by atoms with Crippen molar-refractivity contribution in [3.8, 4) is 0 Å². The van der Waals surface area contributed by atoms with E-state index in [-0.39, 0.29) is 5.91 Å². The van der Waals surface area contributed by atoms with E-state index in [0.717, 1.165) is 25.8 Å². The summed E-state index contributed by atoms with van der Waals surface area (Å²) in [5, 5.41) is 0. The predicted octanol–water partition coefficient (Wildman–Crippen LogP) is 1.90. The molecule has 2 bridgehead atoms. The molecule has 3 rings (SSSR count). The Morgan fingerprint density at radius 1 is 1.24 bits per heavy atom. The van der Waals surface area contributed by atoms with Gasteiger partial charge in [-0.1, -0.05) is 20.8 Å². The Morgan fingerprint density at radius 2 is 1.88 bits per heavy atom. The Kier molecular flexibility index (Phi) is 2.07. The Hall–Kier alpha value is -0.570. The molecule has 3 fully saturated rings. The summed E-state index contributed by atoms with van der Waals surface area (Å²) < 4.78 is 0. The lowest BCUT2D eigenvalue weighted by Gasteiger charge is -2.39. The lowest BCUT2D eigenvalue weighted by molar-refractivity contribution is -0.134. The molecule has 1 aliphatic heterocycles. The fourth-order valence-electron chi connectivity index (χ4n) is 4.33. The van der Waals surface area contributed by atoms with Crippen LogP contribution >= 0.6 is 0 Å². The molecule has 0 aromatic heterocycles. The minimum absolute atomic E-state index is 0.226. The van der Waals surface area contributed by atoms with Crippen molar-refractivity contribution in [2.24, 2.45) is 16.6 Å². The Labute approximate surface area is 104 Å². The number of carbonyl (C=O) groups is 1. The van der Waals surface area contributed by atoms with Crippen LogP contribution < -0.4 is 5.73 Å². The highest BCUT2D eigenvalue weighted by Crippen LogP contribution is 2.53. The number of carbonyl (C=O) groups excluding carboxylic acids is 1. The molecule has 3 aliphatic rings. The molecule has 1 heterocycles. The van der Waals surface area contributed by atoms with Crippen LogP contribution in [0.25, 0.3) is 0 Å². The summed E-state index contributed by atoms with van der Waals surface area (Å²) in [6.45, 7) is 7.94. The van der Waals surface area contributed by atoms with E-state index >= 15 is 0 Å². The molecule has 3 heteroatoms. The van der Waals surface area contributed by atoms with Gasteiger partial charge in [0.15, 0.2) is 0 Å². The number of hydrogen-bond acceptors (Lipinski definition) is 2. The van der Waals surface area contributed by atoms with Gasteiger partial charge in [-0.25, -0.2) is 0 Å². The van der Waals surface area contributed by atoms with Gasteiger partial charge < -0.3 is 10.6 Å². The van der Waals surface area contributed by atoms with Gasteiger partial charge in [0.1, 0.15) is 0 Å². The van der Waals surface area contributed by atoms with Crippen molar-refractivity contribution >= 4 is 5.91 Å². The third-order valence-corrected chi connectivity index (χ3v) is 4.89. The lowest BCUT2D eigenvalue weighted by Crippen LogP contribution is -2.48. The largest absolute Gasteiger partial charge is 0.338 e. The van der Waals surface area contributed by atoms with E-state index in [1.807, 2.05) is 0 Å². The molecule has 2 N–H and O–H groups in total. The Bertz CT molecular complexity index is 372. The van der Waals surface area contributed by atoms with Gasteiger partial charge in [0.25, 0.3) is 0 Å². The molecular weight excluding hydrogens is 212 g/mol. The molecule has 2 saturated carbocycles. The maximum absolute atomic E-state index is 12.4. The lowest BCUT2D eigenvalue weighted by atomic mass is 9.65. The van der Waals surface area contributed by atoms with Crippen molar-refractivity contribution in [3.05, 3.63) is 0 Å². The van der Waals surface area contributed by atoms with E-state index in [1.54, 1.807) is 0 Å². The highest BCUT2D eigenvalue weighted by Gasteiger charge is 2.56. The van der Waals surface area contributed by atoms with Crippen LogP contribution in [-0.2, 0) is 4.79 Å². The minimum atomic E-state index is -0.488. The number of hydrogen-bond donors (Lipinski definition) is 1. The van der Waals surface area contributed by atoms with Crippen LogP contribution in [0.5, 0.6) is 0 Å². The van der Waals surface area contributed by atoms with Gasteiger partial charge in [-0.15, -0.1) is 0 Å². The predicted molar refractivity (Wildman–Crippen MR) is 67.4 cm³/mol. The quantitative estimate of drug-likeness (QED) is 0.756. The summed E-state index contributed by atoms with van der Waals surface area (Å²) in [5.74, 6) is 0.226. The zero-order valence-corrected chi connectivity index (χ0v) is 11.3. The second-order valence-electron chi connectivity index (χ2n) is 7.80. The fourth-order valence-corrected chi connectivity index (χ4v) is 4.33. The molecule has 1 amide bonds. The maximum Gasteiger partial charge on any atom is 0.242 e. The fraction of sp³-hybridized carbons (Fsp3) is 0.929. The average molecular weight is 236 g/mol. The van der Waals surface area contributed by atoms with Gasteiger partial charge in [-0.05, 0) is 42.9 Å². The first-order valence-corrected chi connectivity index (χ1v) is 6.83. The molecule has 0 aromatic carbocycles. The Morgan fingerprint density at radius 3 is 2.47 bits per heavy atom. The summed E-state index contributed by atoms with van der Waals surface area (Å²) >= 11 is 0. The van der Waals surface area contributed by atoms with Crippen LogP contribution in [0.1, 0.15) is 52.9 Å². The van der Waals surface area contributed by atoms with Gasteiger partial charge in [0.05, 0.1) is 5.54 Å². The third kappa shape index (κ3) is 1.79. The highest BCUT2D eigenvalue weighted by molar-refractivity contribution is 5.89. The summed E-state index contributed by atoms with van der Waals surface area (Å²) in [5.41, 5.74) is 6.28. The number of nitrogens with two attached hydrogens (primary N) is 1. The van der Waals surface area contributed by atoms with E-state index in [2.05, 4.69) is 25.7 Å². The zero-order chi connectivity index (χ0) is 12.5. The molecule has 2 aliphatic carbocycles. The topological polar surface area (TPSA) is 46.3 Å². The zero-order valence-electron chi connectivity index (χ0n) is 11.3. The number of nitrogens with zero attached hydrogens (tertiary/aromatic N) is 1. The molecule has 1 saturated heterocycles. The molecule has 3 nitrogen and oxygen atoms in total.